The zero-order valence-corrected chi connectivity index (χ0v) is 13.6. The van der Waals surface area contributed by atoms with Crippen molar-refractivity contribution >= 4 is 22.2 Å². The third kappa shape index (κ3) is 2.21. The minimum atomic E-state index is 0.760. The highest BCUT2D eigenvalue weighted by molar-refractivity contribution is 7.13. The van der Waals surface area contributed by atoms with Gasteiger partial charge in [0, 0.05) is 23.9 Å². The number of rotatable bonds is 2. The lowest BCUT2D eigenvalue weighted by atomic mass is 10.2. The van der Waals surface area contributed by atoms with Crippen molar-refractivity contribution in [2.75, 3.05) is 6.54 Å². The van der Waals surface area contributed by atoms with E-state index in [1.54, 1.807) is 11.3 Å². The van der Waals surface area contributed by atoms with Gasteiger partial charge in [-0.2, -0.15) is 0 Å². The van der Waals surface area contributed by atoms with Crippen molar-refractivity contribution in [3.05, 3.63) is 47.6 Å². The molecule has 4 heterocycles. The summed E-state index contributed by atoms with van der Waals surface area (Å²) < 4.78 is 2.14. The van der Waals surface area contributed by atoms with Crippen LogP contribution in [0.3, 0.4) is 0 Å². The fraction of sp³-hybridized carbons (Fsp3) is 0.176. The Bertz CT molecular complexity index is 1030. The van der Waals surface area contributed by atoms with Gasteiger partial charge in [-0.05, 0) is 12.1 Å². The number of aromatic nitrogens is 5. The van der Waals surface area contributed by atoms with Crippen LogP contribution in [0.5, 0.6) is 0 Å². The highest BCUT2D eigenvalue weighted by Gasteiger charge is 2.19. The van der Waals surface area contributed by atoms with E-state index in [9.17, 15) is 0 Å². The fourth-order valence-corrected chi connectivity index (χ4v) is 3.73. The van der Waals surface area contributed by atoms with Gasteiger partial charge in [-0.15, -0.1) is 21.5 Å². The van der Waals surface area contributed by atoms with Crippen LogP contribution in [0.4, 0.5) is 0 Å². The third-order valence-electron chi connectivity index (χ3n) is 4.17. The SMILES string of the molecule is c1ccc2nc(-c3nc(-c4nnc5n4CCNC5)cs3)ccc2c1. The Labute approximate surface area is 142 Å². The molecular formula is C17H14N6S. The molecule has 7 heteroatoms. The number of hydrogen-bond acceptors (Lipinski definition) is 6. The fourth-order valence-electron chi connectivity index (χ4n) is 2.96. The smallest absolute Gasteiger partial charge is 0.183 e. The quantitative estimate of drug-likeness (QED) is 0.610. The van der Waals surface area contributed by atoms with E-state index in [4.69, 9.17) is 9.97 Å². The maximum atomic E-state index is 4.75. The maximum absolute atomic E-state index is 4.75. The van der Waals surface area contributed by atoms with Crippen LogP contribution >= 0.6 is 11.3 Å². The zero-order chi connectivity index (χ0) is 15.9. The average molecular weight is 334 g/mol. The summed E-state index contributed by atoms with van der Waals surface area (Å²) >= 11 is 1.59. The summed E-state index contributed by atoms with van der Waals surface area (Å²) in [5, 5.41) is 16.0. The monoisotopic (exact) mass is 334 g/mol. The van der Waals surface area contributed by atoms with Crippen molar-refractivity contribution in [3.8, 4) is 22.2 Å². The third-order valence-corrected chi connectivity index (χ3v) is 5.04. The molecule has 0 amide bonds. The van der Waals surface area contributed by atoms with Gasteiger partial charge in [0.25, 0.3) is 0 Å². The second-order valence-corrected chi connectivity index (χ2v) is 6.55. The number of nitrogens with one attached hydrogen (secondary N) is 1. The predicted octanol–water partition coefficient (Wildman–Crippen LogP) is 2.72. The average Bonchev–Trinajstić information content (AvgIpc) is 3.28. The standard InChI is InChI=1S/C17H14N6S/c1-2-4-12-11(3-1)5-6-13(19-12)17-20-14(10-24-17)16-22-21-15-9-18-7-8-23(15)16/h1-6,10,18H,7-9H2. The lowest BCUT2D eigenvalue weighted by Crippen LogP contribution is -2.28. The van der Waals surface area contributed by atoms with Crippen LogP contribution in [-0.2, 0) is 13.1 Å². The molecule has 0 aliphatic carbocycles. The second kappa shape index (κ2) is 5.47. The summed E-state index contributed by atoms with van der Waals surface area (Å²) in [6, 6.07) is 12.2. The summed E-state index contributed by atoms with van der Waals surface area (Å²) in [6.45, 7) is 2.57. The Morgan fingerprint density at radius 2 is 1.96 bits per heavy atom. The first-order valence-corrected chi connectivity index (χ1v) is 8.71. The van der Waals surface area contributed by atoms with Gasteiger partial charge >= 0.3 is 0 Å². The molecule has 118 valence electrons. The van der Waals surface area contributed by atoms with E-state index < -0.39 is 0 Å². The van der Waals surface area contributed by atoms with Crippen molar-refractivity contribution < 1.29 is 0 Å². The topological polar surface area (TPSA) is 68.5 Å². The number of benzene rings is 1. The highest BCUT2D eigenvalue weighted by Crippen LogP contribution is 2.28. The van der Waals surface area contributed by atoms with E-state index in [-0.39, 0.29) is 0 Å². The van der Waals surface area contributed by atoms with Crippen LogP contribution in [0.15, 0.2) is 41.8 Å². The molecular weight excluding hydrogens is 320 g/mol. The van der Waals surface area contributed by atoms with Gasteiger partial charge in [0.1, 0.15) is 16.5 Å². The molecule has 0 unspecified atom stereocenters. The Hall–Kier alpha value is -2.64. The minimum absolute atomic E-state index is 0.760. The maximum Gasteiger partial charge on any atom is 0.183 e. The van der Waals surface area contributed by atoms with E-state index >= 15 is 0 Å². The molecule has 6 nitrogen and oxygen atoms in total. The normalized spacial score (nSPS) is 14.0. The van der Waals surface area contributed by atoms with Gasteiger partial charge in [0.15, 0.2) is 5.82 Å². The van der Waals surface area contributed by atoms with Gasteiger partial charge in [-0.1, -0.05) is 24.3 Å². The number of para-hydroxylation sites is 1. The van der Waals surface area contributed by atoms with Gasteiger partial charge in [0.05, 0.1) is 17.8 Å². The molecule has 3 aromatic heterocycles. The molecule has 0 fully saturated rings. The Balaban J connectivity index is 1.55. The molecule has 0 saturated carbocycles. The van der Waals surface area contributed by atoms with Crippen LogP contribution in [0.25, 0.3) is 33.1 Å². The molecule has 1 N–H and O–H groups in total. The molecule has 24 heavy (non-hydrogen) atoms. The lowest BCUT2D eigenvalue weighted by molar-refractivity contribution is 0.508. The molecule has 0 spiro atoms. The summed E-state index contributed by atoms with van der Waals surface area (Å²) in [5.74, 6) is 1.81. The van der Waals surface area contributed by atoms with Crippen molar-refractivity contribution in [2.45, 2.75) is 13.1 Å². The first-order chi connectivity index (χ1) is 11.9. The van der Waals surface area contributed by atoms with E-state index in [0.29, 0.717) is 0 Å². The van der Waals surface area contributed by atoms with Crippen molar-refractivity contribution in [2.24, 2.45) is 0 Å². The Morgan fingerprint density at radius 3 is 2.96 bits per heavy atom. The van der Waals surface area contributed by atoms with E-state index in [2.05, 4.69) is 32.2 Å². The number of thiazole rings is 1. The molecule has 1 aromatic carbocycles. The van der Waals surface area contributed by atoms with Gasteiger partial charge in [-0.25, -0.2) is 9.97 Å². The molecule has 4 aromatic rings. The van der Waals surface area contributed by atoms with Crippen molar-refractivity contribution in [1.82, 2.24) is 30.0 Å². The van der Waals surface area contributed by atoms with Crippen LogP contribution in [0.2, 0.25) is 0 Å². The molecule has 0 saturated heterocycles. The van der Waals surface area contributed by atoms with Gasteiger partial charge in [-0.3, -0.25) is 0 Å². The molecule has 0 bridgehead atoms. The summed E-state index contributed by atoms with van der Waals surface area (Å²) in [4.78, 5) is 9.47. The highest BCUT2D eigenvalue weighted by atomic mass is 32.1. The largest absolute Gasteiger partial charge is 0.308 e. The predicted molar refractivity (Wildman–Crippen MR) is 93.6 cm³/mol. The Kier molecular flexibility index (Phi) is 3.14. The molecule has 0 atom stereocenters. The van der Waals surface area contributed by atoms with Crippen LogP contribution in [-0.4, -0.2) is 31.3 Å². The molecule has 5 rings (SSSR count). The van der Waals surface area contributed by atoms with Crippen molar-refractivity contribution in [3.63, 3.8) is 0 Å². The van der Waals surface area contributed by atoms with E-state index in [1.165, 1.54) is 0 Å². The summed E-state index contributed by atoms with van der Waals surface area (Å²) in [7, 11) is 0. The van der Waals surface area contributed by atoms with Crippen molar-refractivity contribution in [1.29, 1.82) is 0 Å². The van der Waals surface area contributed by atoms with Gasteiger partial charge < -0.3 is 9.88 Å². The molecule has 0 radical (unpaired) electrons. The van der Waals surface area contributed by atoms with Crippen LogP contribution in [0.1, 0.15) is 5.82 Å². The van der Waals surface area contributed by atoms with Crippen LogP contribution < -0.4 is 5.32 Å². The van der Waals surface area contributed by atoms with Crippen LogP contribution in [0, 0.1) is 0 Å². The first kappa shape index (κ1) is 13.8. The lowest BCUT2D eigenvalue weighted by Gasteiger charge is -2.15. The number of pyridine rings is 1. The first-order valence-electron chi connectivity index (χ1n) is 7.83. The molecule has 1 aliphatic rings. The van der Waals surface area contributed by atoms with E-state index in [0.717, 1.165) is 58.6 Å². The number of fused-ring (bicyclic) bond motifs is 2. The van der Waals surface area contributed by atoms with Gasteiger partial charge in [0.2, 0.25) is 0 Å². The van der Waals surface area contributed by atoms with E-state index in [1.807, 2.05) is 29.6 Å². The summed E-state index contributed by atoms with van der Waals surface area (Å²) in [5.41, 5.74) is 2.74. The number of nitrogens with zero attached hydrogens (tertiary/aromatic N) is 5. The second-order valence-electron chi connectivity index (χ2n) is 5.70. The minimum Gasteiger partial charge on any atom is -0.308 e. The number of hydrogen-bond donors (Lipinski definition) is 1. The zero-order valence-electron chi connectivity index (χ0n) is 12.8. The summed E-state index contributed by atoms with van der Waals surface area (Å²) in [6.07, 6.45) is 0. The Morgan fingerprint density at radius 1 is 1.00 bits per heavy atom. The molecule has 1 aliphatic heterocycles.